The van der Waals surface area contributed by atoms with Crippen LogP contribution in [0, 0.1) is 6.92 Å². The molecule has 0 radical (unpaired) electrons. The summed E-state index contributed by atoms with van der Waals surface area (Å²) in [7, 11) is 3.55. The van der Waals surface area contributed by atoms with Crippen LogP contribution in [0.3, 0.4) is 0 Å². The van der Waals surface area contributed by atoms with Gasteiger partial charge in [0.2, 0.25) is 5.91 Å². The molecular formula is C21H23N3O2S2. The van der Waals surface area contributed by atoms with Crippen molar-refractivity contribution in [2.45, 2.75) is 37.9 Å². The highest BCUT2D eigenvalue weighted by molar-refractivity contribution is 7.99. The van der Waals surface area contributed by atoms with Crippen molar-refractivity contribution in [1.29, 1.82) is 0 Å². The molecule has 1 aliphatic rings. The maximum Gasteiger partial charge on any atom is 0.262 e. The van der Waals surface area contributed by atoms with E-state index in [1.807, 2.05) is 26.1 Å². The van der Waals surface area contributed by atoms with Gasteiger partial charge in [-0.15, -0.1) is 11.3 Å². The van der Waals surface area contributed by atoms with Crippen LogP contribution in [0.25, 0.3) is 10.2 Å². The van der Waals surface area contributed by atoms with Gasteiger partial charge in [-0.2, -0.15) is 0 Å². The van der Waals surface area contributed by atoms with Crippen LogP contribution in [0.1, 0.15) is 28.0 Å². The van der Waals surface area contributed by atoms with Crippen LogP contribution < -0.4 is 5.56 Å². The third kappa shape index (κ3) is 3.61. The molecule has 5 nitrogen and oxygen atoms in total. The molecule has 2 aromatic heterocycles. The highest BCUT2D eigenvalue weighted by atomic mass is 32.2. The number of thiophene rings is 1. The van der Waals surface area contributed by atoms with Gasteiger partial charge in [0.05, 0.1) is 11.1 Å². The van der Waals surface area contributed by atoms with Crippen LogP contribution in [0.15, 0.2) is 34.2 Å². The topological polar surface area (TPSA) is 55.2 Å². The second-order valence-electron chi connectivity index (χ2n) is 7.32. The molecule has 1 aromatic carbocycles. The van der Waals surface area contributed by atoms with Crippen LogP contribution in [-0.2, 0) is 31.2 Å². The van der Waals surface area contributed by atoms with Crippen LogP contribution in [-0.4, -0.2) is 33.2 Å². The molecule has 2 heterocycles. The number of benzene rings is 1. The third-order valence-corrected chi connectivity index (χ3v) is 7.40. The summed E-state index contributed by atoms with van der Waals surface area (Å²) >= 11 is 2.97. The molecule has 0 atom stereocenters. The smallest absolute Gasteiger partial charge is 0.262 e. The van der Waals surface area contributed by atoms with Crippen LogP contribution >= 0.6 is 23.1 Å². The van der Waals surface area contributed by atoms with Crippen LogP contribution in [0.5, 0.6) is 0 Å². The number of carbonyl (C=O) groups is 1. The molecule has 0 bridgehead atoms. The Kier molecular flexibility index (Phi) is 5.29. The number of fused-ring (bicyclic) bond motifs is 3. The van der Waals surface area contributed by atoms with Gasteiger partial charge in [0.15, 0.2) is 5.16 Å². The Hall–Kier alpha value is -2.12. The van der Waals surface area contributed by atoms with Crippen molar-refractivity contribution in [2.75, 3.05) is 12.8 Å². The number of carbonyl (C=O) groups excluding carboxylic acids is 1. The van der Waals surface area contributed by atoms with Crippen molar-refractivity contribution in [3.05, 3.63) is 56.2 Å². The van der Waals surface area contributed by atoms with Crippen molar-refractivity contribution in [2.24, 2.45) is 7.05 Å². The first-order chi connectivity index (χ1) is 13.4. The summed E-state index contributed by atoms with van der Waals surface area (Å²) in [6.45, 7) is 2.62. The molecule has 0 spiro atoms. The lowest BCUT2D eigenvalue weighted by molar-refractivity contribution is -0.127. The zero-order chi connectivity index (χ0) is 19.8. The number of aryl methyl sites for hydroxylation is 3. The quantitative estimate of drug-likeness (QED) is 0.474. The van der Waals surface area contributed by atoms with E-state index in [4.69, 9.17) is 4.98 Å². The van der Waals surface area contributed by atoms with E-state index in [1.54, 1.807) is 27.9 Å². The van der Waals surface area contributed by atoms with E-state index in [0.29, 0.717) is 11.7 Å². The van der Waals surface area contributed by atoms with Crippen molar-refractivity contribution < 1.29 is 4.79 Å². The molecule has 0 fully saturated rings. The van der Waals surface area contributed by atoms with Gasteiger partial charge < -0.3 is 4.90 Å². The summed E-state index contributed by atoms with van der Waals surface area (Å²) in [4.78, 5) is 33.9. The van der Waals surface area contributed by atoms with E-state index in [1.165, 1.54) is 27.8 Å². The minimum Gasteiger partial charge on any atom is -0.341 e. The average Bonchev–Trinajstić information content (AvgIpc) is 3.25. The van der Waals surface area contributed by atoms with E-state index in [0.717, 1.165) is 35.0 Å². The fraction of sp³-hybridized carbons (Fsp3) is 0.381. The highest BCUT2D eigenvalue weighted by Gasteiger charge is 2.23. The SMILES string of the molecule is Cc1ccc(CN(C)C(=O)CSc2nc3sc4c(c3c(=O)n2C)CCC4)cc1. The predicted molar refractivity (Wildman–Crippen MR) is 115 cm³/mol. The molecule has 1 aliphatic carbocycles. The van der Waals surface area contributed by atoms with Crippen LogP contribution in [0.4, 0.5) is 0 Å². The summed E-state index contributed by atoms with van der Waals surface area (Å²) in [6, 6.07) is 8.19. The summed E-state index contributed by atoms with van der Waals surface area (Å²) in [5.41, 5.74) is 3.51. The van der Waals surface area contributed by atoms with Gasteiger partial charge in [0, 0.05) is 25.5 Å². The Morgan fingerprint density at radius 1 is 1.29 bits per heavy atom. The molecule has 0 unspecified atom stereocenters. The molecule has 4 rings (SSSR count). The molecule has 28 heavy (non-hydrogen) atoms. The van der Waals surface area contributed by atoms with Gasteiger partial charge in [0.25, 0.3) is 5.56 Å². The summed E-state index contributed by atoms with van der Waals surface area (Å²) < 4.78 is 1.59. The van der Waals surface area contributed by atoms with Crippen molar-refractivity contribution in [1.82, 2.24) is 14.5 Å². The summed E-state index contributed by atoms with van der Waals surface area (Å²) in [5, 5.41) is 1.39. The number of rotatable bonds is 5. The van der Waals surface area contributed by atoms with E-state index in [2.05, 4.69) is 12.1 Å². The molecule has 0 aliphatic heterocycles. The minimum absolute atomic E-state index is 0.00681. The third-order valence-electron chi connectivity index (χ3n) is 5.20. The normalized spacial score (nSPS) is 13.1. The number of hydrogen-bond acceptors (Lipinski definition) is 5. The van der Waals surface area contributed by atoms with Crippen molar-refractivity contribution in [3.63, 3.8) is 0 Å². The first-order valence-corrected chi connectivity index (χ1v) is 11.2. The number of hydrogen-bond donors (Lipinski definition) is 0. The van der Waals surface area contributed by atoms with Gasteiger partial charge in [0.1, 0.15) is 4.83 Å². The predicted octanol–water partition coefficient (Wildman–Crippen LogP) is 3.54. The number of amides is 1. The Bertz CT molecular complexity index is 1100. The van der Waals surface area contributed by atoms with Crippen LogP contribution in [0.2, 0.25) is 0 Å². The first kappa shape index (κ1) is 19.2. The molecule has 146 valence electrons. The first-order valence-electron chi connectivity index (χ1n) is 9.37. The fourth-order valence-corrected chi connectivity index (χ4v) is 5.74. The second kappa shape index (κ2) is 7.72. The largest absolute Gasteiger partial charge is 0.341 e. The summed E-state index contributed by atoms with van der Waals surface area (Å²) in [6.07, 6.45) is 3.14. The monoisotopic (exact) mass is 413 g/mol. The lowest BCUT2D eigenvalue weighted by Gasteiger charge is -2.17. The molecule has 1 amide bonds. The molecule has 7 heteroatoms. The molecule has 0 N–H and O–H groups in total. The van der Waals surface area contributed by atoms with Gasteiger partial charge in [-0.1, -0.05) is 41.6 Å². The average molecular weight is 414 g/mol. The fourth-order valence-electron chi connectivity index (χ4n) is 3.53. The van der Waals surface area contributed by atoms with E-state index < -0.39 is 0 Å². The maximum atomic E-state index is 12.8. The van der Waals surface area contributed by atoms with Gasteiger partial charge in [-0.3, -0.25) is 14.2 Å². The van der Waals surface area contributed by atoms with E-state index >= 15 is 0 Å². The Labute approximate surface area is 172 Å². The number of aromatic nitrogens is 2. The Balaban J connectivity index is 1.47. The van der Waals surface area contributed by atoms with Gasteiger partial charge in [-0.05, 0) is 37.3 Å². The Morgan fingerprint density at radius 2 is 2.04 bits per heavy atom. The van der Waals surface area contributed by atoms with Gasteiger partial charge >= 0.3 is 0 Å². The summed E-state index contributed by atoms with van der Waals surface area (Å²) in [5.74, 6) is 0.285. The maximum absolute atomic E-state index is 12.8. The Morgan fingerprint density at radius 3 is 2.79 bits per heavy atom. The second-order valence-corrected chi connectivity index (χ2v) is 9.35. The van der Waals surface area contributed by atoms with Gasteiger partial charge in [-0.25, -0.2) is 4.98 Å². The van der Waals surface area contributed by atoms with E-state index in [-0.39, 0.29) is 17.2 Å². The standard InChI is InChI=1S/C21H23N3O2S2/c1-13-7-9-14(10-8-13)11-23(2)17(25)12-27-21-22-19-18(20(26)24(21)3)15-5-4-6-16(15)28-19/h7-10H,4-6,11-12H2,1-3H3. The lowest BCUT2D eigenvalue weighted by Crippen LogP contribution is -2.28. The van der Waals surface area contributed by atoms with E-state index in [9.17, 15) is 9.59 Å². The number of nitrogens with zero attached hydrogens (tertiary/aromatic N) is 3. The zero-order valence-corrected chi connectivity index (χ0v) is 18.0. The van der Waals surface area contributed by atoms with Crippen molar-refractivity contribution >= 4 is 39.2 Å². The molecular weight excluding hydrogens is 390 g/mol. The highest BCUT2D eigenvalue weighted by Crippen LogP contribution is 2.35. The number of thioether (sulfide) groups is 1. The zero-order valence-electron chi connectivity index (χ0n) is 16.3. The van der Waals surface area contributed by atoms with Crippen molar-refractivity contribution in [3.8, 4) is 0 Å². The minimum atomic E-state index is 0.00681. The molecule has 0 saturated carbocycles. The molecule has 3 aromatic rings. The molecule has 0 saturated heterocycles. The lowest BCUT2D eigenvalue weighted by atomic mass is 10.1.